The minimum atomic E-state index is 0.195. The monoisotopic (exact) mass is 263 g/mol. The first-order valence-corrected chi connectivity index (χ1v) is 7.11. The fourth-order valence-electron chi connectivity index (χ4n) is 1.95. The fourth-order valence-corrected chi connectivity index (χ4v) is 4.19. The van der Waals surface area contributed by atoms with E-state index in [1.54, 1.807) is 11.3 Å². The van der Waals surface area contributed by atoms with Gasteiger partial charge in [-0.2, -0.15) is 5.10 Å². The van der Waals surface area contributed by atoms with Gasteiger partial charge in [0.25, 0.3) is 0 Å². The molecule has 5 heteroatoms. The average molecular weight is 263 g/mol. The van der Waals surface area contributed by atoms with Crippen LogP contribution >= 0.6 is 22.7 Å². The average Bonchev–Trinajstić information content (AvgIpc) is 2.95. The van der Waals surface area contributed by atoms with Gasteiger partial charge >= 0.3 is 0 Å². The van der Waals surface area contributed by atoms with Crippen LogP contribution in [0.15, 0.2) is 29.8 Å². The molecule has 0 amide bonds. The van der Waals surface area contributed by atoms with Crippen molar-refractivity contribution >= 4 is 32.1 Å². The summed E-state index contributed by atoms with van der Waals surface area (Å²) in [6.45, 7) is 0. The highest BCUT2D eigenvalue weighted by atomic mass is 32.1. The molecule has 0 aliphatic carbocycles. The number of hydrogen-bond acceptors (Lipinski definition) is 4. The van der Waals surface area contributed by atoms with E-state index in [1.165, 1.54) is 14.3 Å². The van der Waals surface area contributed by atoms with Gasteiger partial charge in [0.15, 0.2) is 0 Å². The Bertz CT molecular complexity index is 606. The van der Waals surface area contributed by atoms with Crippen molar-refractivity contribution in [3.8, 4) is 0 Å². The Balaban J connectivity index is 2.03. The van der Waals surface area contributed by atoms with Crippen molar-refractivity contribution in [2.24, 2.45) is 7.05 Å². The van der Waals surface area contributed by atoms with Crippen LogP contribution in [0, 0.1) is 0 Å². The second-order valence-corrected chi connectivity index (χ2v) is 6.00. The van der Waals surface area contributed by atoms with Gasteiger partial charge in [-0.15, -0.1) is 22.7 Å². The van der Waals surface area contributed by atoms with E-state index < -0.39 is 0 Å². The molecule has 0 spiro atoms. The van der Waals surface area contributed by atoms with Crippen LogP contribution in [0.5, 0.6) is 0 Å². The molecule has 0 radical (unpaired) electrons. The summed E-state index contributed by atoms with van der Waals surface area (Å²) in [4.78, 5) is 1.33. The summed E-state index contributed by atoms with van der Waals surface area (Å²) < 4.78 is 4.57. The summed E-state index contributed by atoms with van der Waals surface area (Å²) in [5, 5.41) is 9.95. The molecule has 0 saturated heterocycles. The first kappa shape index (κ1) is 11.0. The summed E-state index contributed by atoms with van der Waals surface area (Å²) in [5.41, 5.74) is 1.07. The first-order valence-electron chi connectivity index (χ1n) is 5.41. The zero-order valence-corrected chi connectivity index (χ0v) is 11.3. The lowest BCUT2D eigenvalue weighted by Gasteiger charge is -2.11. The van der Waals surface area contributed by atoms with Gasteiger partial charge in [-0.05, 0) is 30.6 Å². The van der Waals surface area contributed by atoms with Crippen LogP contribution in [0.25, 0.3) is 9.40 Å². The van der Waals surface area contributed by atoms with Crippen LogP contribution in [0.2, 0.25) is 0 Å². The van der Waals surface area contributed by atoms with Crippen molar-refractivity contribution in [3.05, 3.63) is 40.3 Å². The van der Waals surface area contributed by atoms with Crippen molar-refractivity contribution < 1.29 is 0 Å². The number of nitrogens with one attached hydrogen (secondary N) is 1. The second-order valence-electron chi connectivity index (χ2n) is 3.93. The Labute approximate surface area is 108 Å². The van der Waals surface area contributed by atoms with Gasteiger partial charge in [-0.25, -0.2) is 0 Å². The van der Waals surface area contributed by atoms with E-state index in [-0.39, 0.29) is 6.04 Å². The van der Waals surface area contributed by atoms with Gasteiger partial charge in [0.2, 0.25) is 0 Å². The van der Waals surface area contributed by atoms with E-state index in [4.69, 9.17) is 0 Å². The molecule has 1 atom stereocenters. The van der Waals surface area contributed by atoms with Gasteiger partial charge in [0.1, 0.15) is 0 Å². The molecule has 0 bridgehead atoms. The molecule has 3 heterocycles. The Morgan fingerprint density at radius 1 is 1.35 bits per heavy atom. The third-order valence-corrected chi connectivity index (χ3v) is 4.92. The Morgan fingerprint density at radius 3 is 2.88 bits per heavy atom. The molecule has 0 saturated carbocycles. The summed E-state index contributed by atoms with van der Waals surface area (Å²) in [7, 11) is 3.93. The molecular weight excluding hydrogens is 250 g/mol. The predicted octanol–water partition coefficient (Wildman–Crippen LogP) is 3.01. The van der Waals surface area contributed by atoms with Gasteiger partial charge in [-0.3, -0.25) is 4.68 Å². The highest BCUT2D eigenvalue weighted by molar-refractivity contribution is 7.27. The molecule has 0 fully saturated rings. The number of fused-ring (bicyclic) bond motifs is 1. The quantitative estimate of drug-likeness (QED) is 0.787. The predicted molar refractivity (Wildman–Crippen MR) is 73.8 cm³/mol. The molecule has 0 aliphatic heterocycles. The lowest BCUT2D eigenvalue weighted by atomic mass is 10.2. The normalized spacial score (nSPS) is 13.3. The van der Waals surface area contributed by atoms with Gasteiger partial charge in [0.05, 0.1) is 11.7 Å². The first-order chi connectivity index (χ1) is 8.28. The molecule has 88 valence electrons. The van der Waals surface area contributed by atoms with Gasteiger partial charge in [-0.1, -0.05) is 0 Å². The highest BCUT2D eigenvalue weighted by Crippen LogP contribution is 2.35. The minimum Gasteiger partial charge on any atom is -0.307 e. The van der Waals surface area contributed by atoms with Crippen molar-refractivity contribution in [3.63, 3.8) is 0 Å². The van der Waals surface area contributed by atoms with Crippen molar-refractivity contribution in [1.82, 2.24) is 15.1 Å². The SMILES string of the molecule is CNC(c1ccn(C)n1)c1cc2sccc2s1. The molecule has 1 N–H and O–H groups in total. The zero-order valence-electron chi connectivity index (χ0n) is 9.68. The molecule has 0 aromatic carbocycles. The minimum absolute atomic E-state index is 0.195. The number of aromatic nitrogens is 2. The van der Waals surface area contributed by atoms with Crippen molar-refractivity contribution in [2.75, 3.05) is 7.05 Å². The maximum Gasteiger partial charge on any atom is 0.0861 e. The number of aryl methyl sites for hydroxylation is 1. The van der Waals surface area contributed by atoms with E-state index in [0.29, 0.717) is 0 Å². The van der Waals surface area contributed by atoms with Crippen molar-refractivity contribution in [1.29, 1.82) is 0 Å². The molecule has 3 nitrogen and oxygen atoms in total. The van der Waals surface area contributed by atoms with Crippen LogP contribution in [0.4, 0.5) is 0 Å². The summed E-state index contributed by atoms with van der Waals surface area (Å²) in [6, 6.07) is 6.70. The van der Waals surface area contributed by atoms with Crippen LogP contribution < -0.4 is 5.32 Å². The van der Waals surface area contributed by atoms with E-state index in [1.807, 2.05) is 36.3 Å². The third-order valence-electron chi connectivity index (χ3n) is 2.76. The van der Waals surface area contributed by atoms with E-state index >= 15 is 0 Å². The van der Waals surface area contributed by atoms with Crippen LogP contribution in [0.3, 0.4) is 0 Å². The van der Waals surface area contributed by atoms with Crippen LogP contribution in [-0.2, 0) is 7.05 Å². The molecular formula is C12H13N3S2. The number of rotatable bonds is 3. The van der Waals surface area contributed by atoms with Crippen LogP contribution in [0.1, 0.15) is 16.6 Å². The molecule has 0 aliphatic rings. The molecule has 3 rings (SSSR count). The maximum absolute atomic E-state index is 4.48. The Morgan fingerprint density at radius 2 is 2.24 bits per heavy atom. The highest BCUT2D eigenvalue weighted by Gasteiger charge is 2.17. The standard InChI is InChI=1S/C12H13N3S2/c1-13-12(8-3-5-15(2)14-8)11-7-10-9(17-11)4-6-16-10/h3-7,12-13H,1-2H3. The fraction of sp³-hybridized carbons (Fsp3) is 0.250. The smallest absolute Gasteiger partial charge is 0.0861 e. The van der Waals surface area contributed by atoms with E-state index in [0.717, 1.165) is 5.69 Å². The lowest BCUT2D eigenvalue weighted by molar-refractivity contribution is 0.650. The van der Waals surface area contributed by atoms with Crippen LogP contribution in [-0.4, -0.2) is 16.8 Å². The topological polar surface area (TPSA) is 29.9 Å². The maximum atomic E-state index is 4.48. The molecule has 17 heavy (non-hydrogen) atoms. The zero-order chi connectivity index (χ0) is 11.8. The summed E-state index contributed by atoms with van der Waals surface area (Å²) in [5.74, 6) is 0. The number of nitrogens with zero attached hydrogens (tertiary/aromatic N) is 2. The molecule has 3 aromatic heterocycles. The number of thiophene rings is 2. The molecule has 1 unspecified atom stereocenters. The van der Waals surface area contributed by atoms with E-state index in [2.05, 4.69) is 34.0 Å². The Hall–Kier alpha value is -1.17. The summed E-state index contributed by atoms with van der Waals surface area (Å²) >= 11 is 3.63. The van der Waals surface area contributed by atoms with E-state index in [9.17, 15) is 0 Å². The van der Waals surface area contributed by atoms with Crippen molar-refractivity contribution in [2.45, 2.75) is 6.04 Å². The largest absolute Gasteiger partial charge is 0.307 e. The summed E-state index contributed by atoms with van der Waals surface area (Å²) in [6.07, 6.45) is 1.98. The molecule has 3 aromatic rings. The third kappa shape index (κ3) is 1.90. The van der Waals surface area contributed by atoms with Gasteiger partial charge in [0, 0.05) is 27.5 Å². The number of hydrogen-bond donors (Lipinski definition) is 1. The second kappa shape index (κ2) is 4.25. The Kier molecular flexibility index (Phi) is 2.74. The van der Waals surface area contributed by atoms with Gasteiger partial charge < -0.3 is 5.32 Å². The lowest BCUT2D eigenvalue weighted by Crippen LogP contribution is -2.17.